The van der Waals surface area contributed by atoms with E-state index in [0.29, 0.717) is 12.5 Å². The number of aromatic nitrogens is 1. The number of rotatable bonds is 5. The zero-order valence-electron chi connectivity index (χ0n) is 13.0. The quantitative estimate of drug-likeness (QED) is 0.838. The predicted molar refractivity (Wildman–Crippen MR) is 85.3 cm³/mol. The number of hydrogen-bond donors (Lipinski definition) is 0. The highest BCUT2D eigenvalue weighted by Gasteiger charge is 2.47. The van der Waals surface area contributed by atoms with Crippen LogP contribution in [0.5, 0.6) is 0 Å². The molecule has 1 amide bonds. The predicted octanol–water partition coefficient (Wildman–Crippen LogP) is 3.07. The third-order valence-electron chi connectivity index (χ3n) is 4.87. The fourth-order valence-electron chi connectivity index (χ4n) is 3.42. The van der Waals surface area contributed by atoms with Crippen LogP contribution in [-0.2, 0) is 9.53 Å². The molecule has 0 radical (unpaired) electrons. The normalized spacial score (nSPS) is 29.4. The van der Waals surface area contributed by atoms with E-state index in [1.54, 1.807) is 11.8 Å². The molecule has 2 aliphatic heterocycles. The summed E-state index contributed by atoms with van der Waals surface area (Å²) in [5.41, 5.74) is 1.13. The van der Waals surface area contributed by atoms with E-state index < -0.39 is 0 Å². The van der Waals surface area contributed by atoms with Crippen LogP contribution in [0.25, 0.3) is 0 Å². The minimum atomic E-state index is -0.183. The molecule has 1 saturated heterocycles. The van der Waals surface area contributed by atoms with E-state index in [0.717, 1.165) is 24.3 Å². The molecule has 0 aliphatic carbocycles. The number of carbonyl (C=O) groups is 1. The van der Waals surface area contributed by atoms with Gasteiger partial charge in [0.1, 0.15) is 6.04 Å². The summed E-state index contributed by atoms with van der Waals surface area (Å²) in [6, 6.07) is 4.27. The van der Waals surface area contributed by atoms with Crippen molar-refractivity contribution in [3.8, 4) is 0 Å². The number of hydrogen-bond acceptors (Lipinski definition) is 3. The van der Waals surface area contributed by atoms with Crippen LogP contribution in [-0.4, -0.2) is 40.0 Å². The molecule has 3 rings (SSSR count). The zero-order chi connectivity index (χ0) is 15.0. The van der Waals surface area contributed by atoms with E-state index in [-0.39, 0.29) is 24.2 Å². The lowest BCUT2D eigenvalue weighted by atomic mass is 9.97. The van der Waals surface area contributed by atoms with Crippen molar-refractivity contribution in [2.24, 2.45) is 5.92 Å². The highest BCUT2D eigenvalue weighted by Crippen LogP contribution is 2.41. The molecular weight excluding hydrogens is 284 g/mol. The molecule has 2 aliphatic rings. The van der Waals surface area contributed by atoms with Crippen LogP contribution in [0.15, 0.2) is 18.3 Å². The molecule has 0 bridgehead atoms. The summed E-state index contributed by atoms with van der Waals surface area (Å²) in [6.07, 6.45) is 5.89. The molecule has 1 unspecified atom stereocenters. The Kier molecular flexibility index (Phi) is 4.31. The van der Waals surface area contributed by atoms with Crippen molar-refractivity contribution in [3.05, 3.63) is 24.0 Å². The Morgan fingerprint density at radius 2 is 2.33 bits per heavy atom. The van der Waals surface area contributed by atoms with Crippen molar-refractivity contribution in [3.63, 3.8) is 0 Å². The first-order chi connectivity index (χ1) is 10.2. The molecule has 1 aromatic heterocycles. The van der Waals surface area contributed by atoms with Gasteiger partial charge >= 0.3 is 0 Å². The summed E-state index contributed by atoms with van der Waals surface area (Å²) < 4.78 is 8.10. The average molecular weight is 308 g/mol. The van der Waals surface area contributed by atoms with Gasteiger partial charge in [-0.25, -0.2) is 0 Å². The highest BCUT2D eigenvalue weighted by atomic mass is 32.2. The number of carbonyl (C=O) groups excluding carboxylic acids is 1. The summed E-state index contributed by atoms with van der Waals surface area (Å²) in [5.74, 6) is 1.71. The third-order valence-corrected chi connectivity index (χ3v) is 5.52. The molecule has 4 atom stereocenters. The zero-order valence-corrected chi connectivity index (χ0v) is 13.8. The smallest absolute Gasteiger partial charge is 0.248 e. The van der Waals surface area contributed by atoms with Crippen molar-refractivity contribution < 1.29 is 9.53 Å². The van der Waals surface area contributed by atoms with E-state index in [9.17, 15) is 4.79 Å². The lowest BCUT2D eigenvalue weighted by molar-refractivity contribution is -0.146. The van der Waals surface area contributed by atoms with Gasteiger partial charge in [0, 0.05) is 6.20 Å². The Labute approximate surface area is 130 Å². The Morgan fingerprint density at radius 3 is 3.05 bits per heavy atom. The first-order valence-electron chi connectivity index (χ1n) is 7.78. The van der Waals surface area contributed by atoms with E-state index in [1.165, 1.54) is 0 Å². The van der Waals surface area contributed by atoms with E-state index in [1.807, 2.05) is 17.2 Å². The number of amides is 1. The van der Waals surface area contributed by atoms with Crippen LogP contribution >= 0.6 is 11.8 Å². The Balaban J connectivity index is 1.94. The Bertz CT molecular complexity index is 516. The standard InChI is InChI=1S/C16H24N2O2S/c1-4-11(2)14-10-20-16-13-6-5-8-17(13)12(7-9-21-3)15(19)18(14)16/h5-6,8,11-12,14,16H,4,7,9-10H2,1-3H3/t11-,12+,14-,16?/m1/s1. The third kappa shape index (κ3) is 2.40. The monoisotopic (exact) mass is 308 g/mol. The van der Waals surface area contributed by atoms with Gasteiger partial charge in [-0.05, 0) is 36.5 Å². The molecule has 21 heavy (non-hydrogen) atoms. The molecule has 1 fully saturated rings. The Hall–Kier alpha value is -0.940. The molecule has 116 valence electrons. The molecule has 4 nitrogen and oxygen atoms in total. The van der Waals surface area contributed by atoms with Gasteiger partial charge in [0.25, 0.3) is 0 Å². The fourth-order valence-corrected chi connectivity index (χ4v) is 3.88. The van der Waals surface area contributed by atoms with Gasteiger partial charge in [-0.15, -0.1) is 0 Å². The summed E-state index contributed by atoms with van der Waals surface area (Å²) in [4.78, 5) is 15.0. The van der Waals surface area contributed by atoms with Gasteiger partial charge in [-0.2, -0.15) is 11.8 Å². The molecule has 1 aromatic rings. The maximum absolute atomic E-state index is 13.0. The SMILES string of the molecule is CC[C@@H](C)[C@H]1COC2c3cccn3[C@@H](CCSC)C(=O)N21. The topological polar surface area (TPSA) is 34.5 Å². The number of fused-ring (bicyclic) bond motifs is 3. The van der Waals surface area contributed by atoms with Gasteiger partial charge in [-0.1, -0.05) is 20.3 Å². The largest absolute Gasteiger partial charge is 0.350 e. The van der Waals surface area contributed by atoms with E-state index in [2.05, 4.69) is 30.7 Å². The van der Waals surface area contributed by atoms with Gasteiger partial charge < -0.3 is 14.2 Å². The maximum atomic E-state index is 13.0. The van der Waals surface area contributed by atoms with Gasteiger partial charge in [-0.3, -0.25) is 4.79 Å². The number of thioether (sulfide) groups is 1. The van der Waals surface area contributed by atoms with Crippen molar-refractivity contribution in [1.29, 1.82) is 0 Å². The minimum Gasteiger partial charge on any atom is -0.350 e. The van der Waals surface area contributed by atoms with Crippen LogP contribution in [0.2, 0.25) is 0 Å². The maximum Gasteiger partial charge on any atom is 0.248 e. The fraction of sp³-hybridized carbons (Fsp3) is 0.688. The second-order valence-electron chi connectivity index (χ2n) is 6.02. The molecule has 0 spiro atoms. The number of nitrogens with zero attached hydrogens (tertiary/aromatic N) is 2. The van der Waals surface area contributed by atoms with E-state index >= 15 is 0 Å². The van der Waals surface area contributed by atoms with Crippen LogP contribution < -0.4 is 0 Å². The van der Waals surface area contributed by atoms with Gasteiger partial charge in [0.15, 0.2) is 6.23 Å². The van der Waals surface area contributed by atoms with Gasteiger partial charge in [0.2, 0.25) is 5.91 Å². The summed E-state index contributed by atoms with van der Waals surface area (Å²) in [5, 5.41) is 0. The molecule has 3 heterocycles. The lowest BCUT2D eigenvalue weighted by Crippen LogP contribution is -2.49. The van der Waals surface area contributed by atoms with Crippen molar-refractivity contribution in [1.82, 2.24) is 9.47 Å². The van der Waals surface area contributed by atoms with Crippen molar-refractivity contribution in [2.45, 2.75) is 45.0 Å². The molecule has 0 aromatic carbocycles. The average Bonchev–Trinajstić information content (AvgIpc) is 3.12. The van der Waals surface area contributed by atoms with E-state index in [4.69, 9.17) is 4.74 Å². The van der Waals surface area contributed by atoms with Crippen molar-refractivity contribution in [2.75, 3.05) is 18.6 Å². The molecule has 0 saturated carbocycles. The first kappa shape index (κ1) is 15.0. The van der Waals surface area contributed by atoms with Crippen LogP contribution in [0.1, 0.15) is 44.7 Å². The van der Waals surface area contributed by atoms with Gasteiger partial charge in [0.05, 0.1) is 18.3 Å². The second-order valence-corrected chi connectivity index (χ2v) is 7.01. The summed E-state index contributed by atoms with van der Waals surface area (Å²) in [7, 11) is 0. The van der Waals surface area contributed by atoms with Crippen molar-refractivity contribution >= 4 is 17.7 Å². The molecule has 0 N–H and O–H groups in total. The second kappa shape index (κ2) is 6.05. The Morgan fingerprint density at radius 1 is 1.52 bits per heavy atom. The molecule has 5 heteroatoms. The van der Waals surface area contributed by atoms with Crippen LogP contribution in [0, 0.1) is 5.92 Å². The summed E-state index contributed by atoms with van der Waals surface area (Å²) in [6.45, 7) is 5.06. The molecular formula is C16H24N2O2S. The minimum absolute atomic E-state index is 0.0630. The van der Waals surface area contributed by atoms with Crippen LogP contribution in [0.3, 0.4) is 0 Å². The number of ether oxygens (including phenoxy) is 1. The highest BCUT2D eigenvalue weighted by molar-refractivity contribution is 7.98. The lowest BCUT2D eigenvalue weighted by Gasteiger charge is -2.39. The summed E-state index contributed by atoms with van der Waals surface area (Å²) >= 11 is 1.80. The van der Waals surface area contributed by atoms with Crippen LogP contribution in [0.4, 0.5) is 0 Å². The first-order valence-corrected chi connectivity index (χ1v) is 9.17.